The van der Waals surface area contributed by atoms with Crippen LogP contribution in [-0.4, -0.2) is 39.2 Å². The van der Waals surface area contributed by atoms with E-state index >= 15 is 0 Å². The van der Waals surface area contributed by atoms with Crippen molar-refractivity contribution in [3.8, 4) is 0 Å². The fourth-order valence-electron chi connectivity index (χ4n) is 4.27. The molecule has 6 nitrogen and oxygen atoms in total. The molecule has 0 fully saturated rings. The highest BCUT2D eigenvalue weighted by molar-refractivity contribution is 7.99. The fraction of sp³-hybridized carbons (Fsp3) is 0.214. The number of unbranched alkanes of at least 4 members (excludes halogenated alkanes) is 2. The topological polar surface area (TPSA) is 76.3 Å². The lowest BCUT2D eigenvalue weighted by molar-refractivity contribution is 0.0607. The van der Waals surface area contributed by atoms with Crippen molar-refractivity contribution in [2.75, 3.05) is 12.3 Å². The average Bonchev–Trinajstić information content (AvgIpc) is 3.35. The van der Waals surface area contributed by atoms with Crippen LogP contribution in [-0.2, 0) is 6.42 Å². The first-order valence-corrected chi connectivity index (χ1v) is 12.7. The molecule has 0 atom stereocenters. The molecule has 5 rings (SSSR count). The molecule has 176 valence electrons. The van der Waals surface area contributed by atoms with Crippen LogP contribution in [0.4, 0.5) is 0 Å². The number of carbonyl (C=O) groups excluding carboxylic acids is 2. The maximum absolute atomic E-state index is 13.0. The molecule has 0 radical (unpaired) electrons. The Morgan fingerprint density at radius 3 is 2.31 bits per heavy atom. The monoisotopic (exact) mass is 483 g/mol. The number of amides is 2. The van der Waals surface area contributed by atoms with Gasteiger partial charge in [-0.1, -0.05) is 84.9 Å². The maximum atomic E-state index is 13.0. The Bertz CT molecular complexity index is 1330. The van der Waals surface area contributed by atoms with Gasteiger partial charge in [-0.15, -0.1) is 10.2 Å². The molecule has 2 amide bonds. The number of aromatic nitrogens is 2. The van der Waals surface area contributed by atoms with Crippen molar-refractivity contribution in [2.24, 2.45) is 0 Å². The van der Waals surface area contributed by atoms with E-state index in [-0.39, 0.29) is 11.8 Å². The van der Waals surface area contributed by atoms with Gasteiger partial charge in [-0.25, -0.2) is 0 Å². The van der Waals surface area contributed by atoms with Crippen LogP contribution in [0.15, 0.2) is 82.4 Å². The fourth-order valence-corrected chi connectivity index (χ4v) is 4.86. The van der Waals surface area contributed by atoms with E-state index in [9.17, 15) is 9.59 Å². The summed E-state index contributed by atoms with van der Waals surface area (Å²) in [5.74, 6) is 0.953. The van der Waals surface area contributed by atoms with Crippen molar-refractivity contribution >= 4 is 40.4 Å². The third-order valence-electron chi connectivity index (χ3n) is 5.99. The average molecular weight is 484 g/mol. The molecule has 4 aromatic rings. The van der Waals surface area contributed by atoms with E-state index in [1.807, 2.05) is 42.5 Å². The molecular weight excluding hydrogens is 458 g/mol. The largest absolute Gasteiger partial charge is 0.416 e. The molecule has 0 N–H and O–H groups in total. The Kier molecular flexibility index (Phi) is 7.04. The molecule has 2 heterocycles. The van der Waals surface area contributed by atoms with E-state index in [0.29, 0.717) is 35.2 Å². The number of carbonyl (C=O) groups is 2. The van der Waals surface area contributed by atoms with Crippen LogP contribution in [0.2, 0.25) is 0 Å². The van der Waals surface area contributed by atoms with Gasteiger partial charge >= 0.3 is 0 Å². The molecule has 0 saturated carbocycles. The second-order valence-corrected chi connectivity index (χ2v) is 9.34. The van der Waals surface area contributed by atoms with Gasteiger partial charge in [-0.2, -0.15) is 0 Å². The van der Waals surface area contributed by atoms with Crippen molar-refractivity contribution in [2.45, 2.75) is 30.9 Å². The number of rotatable bonds is 10. The first kappa shape index (κ1) is 23.1. The van der Waals surface area contributed by atoms with E-state index < -0.39 is 0 Å². The number of nitrogens with zero attached hydrogens (tertiary/aromatic N) is 3. The maximum Gasteiger partial charge on any atom is 0.276 e. The van der Waals surface area contributed by atoms with Gasteiger partial charge < -0.3 is 4.42 Å². The molecule has 0 saturated heterocycles. The quantitative estimate of drug-likeness (QED) is 0.156. The Morgan fingerprint density at radius 1 is 0.829 bits per heavy atom. The Morgan fingerprint density at radius 2 is 1.57 bits per heavy atom. The van der Waals surface area contributed by atoms with Crippen LogP contribution in [0.1, 0.15) is 51.4 Å². The van der Waals surface area contributed by atoms with E-state index in [4.69, 9.17) is 4.42 Å². The highest BCUT2D eigenvalue weighted by Gasteiger charge is 2.31. The highest BCUT2D eigenvalue weighted by Crippen LogP contribution is 2.30. The van der Waals surface area contributed by atoms with Crippen LogP contribution in [0.5, 0.6) is 0 Å². The zero-order valence-corrected chi connectivity index (χ0v) is 20.0. The summed E-state index contributed by atoms with van der Waals surface area (Å²) >= 11 is 1.51. The summed E-state index contributed by atoms with van der Waals surface area (Å²) in [4.78, 5) is 27.3. The first-order chi connectivity index (χ1) is 17.2. The summed E-state index contributed by atoms with van der Waals surface area (Å²) in [6, 6.07) is 21.3. The summed E-state index contributed by atoms with van der Waals surface area (Å²) in [5.41, 5.74) is 2.37. The number of hydrogen-bond acceptors (Lipinski definition) is 6. The van der Waals surface area contributed by atoms with Crippen molar-refractivity contribution in [3.05, 3.63) is 95.4 Å². The zero-order chi connectivity index (χ0) is 24.0. The minimum Gasteiger partial charge on any atom is -0.416 e. The lowest BCUT2D eigenvalue weighted by Gasteiger charge is -2.27. The third kappa shape index (κ3) is 5.20. The number of benzene rings is 3. The number of hydrogen-bond donors (Lipinski definition) is 0. The second-order valence-electron chi connectivity index (χ2n) is 8.37. The van der Waals surface area contributed by atoms with Crippen molar-refractivity contribution < 1.29 is 14.0 Å². The van der Waals surface area contributed by atoms with E-state index in [0.717, 1.165) is 41.4 Å². The number of aryl methyl sites for hydroxylation is 1. The van der Waals surface area contributed by atoms with Crippen molar-refractivity contribution in [1.82, 2.24) is 15.1 Å². The summed E-state index contributed by atoms with van der Waals surface area (Å²) in [5, 5.41) is 10.5. The molecule has 0 unspecified atom stereocenters. The molecule has 0 aliphatic carbocycles. The summed E-state index contributed by atoms with van der Waals surface area (Å²) in [6.45, 7) is 0.404. The standard InChI is InChI=1S/C28H25N3O3S/c32-26-22-15-7-13-21-14-8-16-23(25(21)22)27(33)31(26)18-6-2-5-17-24-29-30-28(34-24)35-19-9-12-20-10-3-1-4-11-20/h1,3-4,7-16H,2,5-6,17-19H2. The van der Waals surface area contributed by atoms with Crippen LogP contribution >= 0.6 is 11.8 Å². The Hall–Kier alpha value is -3.71. The molecule has 35 heavy (non-hydrogen) atoms. The van der Waals surface area contributed by atoms with E-state index in [2.05, 4.69) is 34.5 Å². The normalized spacial score (nSPS) is 13.3. The molecule has 1 aromatic heterocycles. The molecule has 7 heteroatoms. The minimum absolute atomic E-state index is 0.209. The zero-order valence-electron chi connectivity index (χ0n) is 19.2. The van der Waals surface area contributed by atoms with Gasteiger partial charge in [0.25, 0.3) is 17.0 Å². The molecule has 1 aliphatic heterocycles. The Balaban J connectivity index is 1.07. The van der Waals surface area contributed by atoms with E-state index in [1.165, 1.54) is 16.7 Å². The molecule has 0 bridgehead atoms. The van der Waals surface area contributed by atoms with Gasteiger partial charge in [0.1, 0.15) is 0 Å². The SMILES string of the molecule is O=C1c2cccc3cccc(c23)C(=O)N1CCCCCc1nnc(SCC=Cc2ccccc2)o1. The van der Waals surface area contributed by atoms with Gasteiger partial charge in [0, 0.05) is 35.2 Å². The highest BCUT2D eigenvalue weighted by atomic mass is 32.2. The molecule has 0 spiro atoms. The number of thioether (sulfide) groups is 1. The van der Waals surface area contributed by atoms with Crippen LogP contribution in [0.25, 0.3) is 16.8 Å². The van der Waals surface area contributed by atoms with Crippen molar-refractivity contribution in [3.63, 3.8) is 0 Å². The Labute approximate surface area is 208 Å². The summed E-state index contributed by atoms with van der Waals surface area (Å²) < 4.78 is 5.73. The van der Waals surface area contributed by atoms with E-state index in [1.54, 1.807) is 12.1 Å². The van der Waals surface area contributed by atoms with Gasteiger partial charge in [-0.05, 0) is 35.9 Å². The summed E-state index contributed by atoms with van der Waals surface area (Å²) in [6.07, 6.45) is 7.26. The second kappa shape index (κ2) is 10.7. The van der Waals surface area contributed by atoms with Gasteiger partial charge in [0.05, 0.1) is 0 Å². The molecule has 1 aliphatic rings. The lowest BCUT2D eigenvalue weighted by Crippen LogP contribution is -2.40. The van der Waals surface area contributed by atoms with Gasteiger partial charge in [-0.3, -0.25) is 14.5 Å². The van der Waals surface area contributed by atoms with Crippen LogP contribution in [0, 0.1) is 0 Å². The number of imide groups is 1. The van der Waals surface area contributed by atoms with Gasteiger partial charge in [0.15, 0.2) is 0 Å². The summed E-state index contributed by atoms with van der Waals surface area (Å²) in [7, 11) is 0. The molecule has 3 aromatic carbocycles. The predicted octanol–water partition coefficient (Wildman–Crippen LogP) is 6.04. The van der Waals surface area contributed by atoms with Crippen molar-refractivity contribution in [1.29, 1.82) is 0 Å². The lowest BCUT2D eigenvalue weighted by atomic mass is 9.94. The smallest absolute Gasteiger partial charge is 0.276 e. The third-order valence-corrected chi connectivity index (χ3v) is 6.76. The molecular formula is C28H25N3O3S. The van der Waals surface area contributed by atoms with Gasteiger partial charge in [0.2, 0.25) is 5.89 Å². The van der Waals surface area contributed by atoms with Crippen LogP contribution < -0.4 is 0 Å². The minimum atomic E-state index is -0.209. The predicted molar refractivity (Wildman–Crippen MR) is 137 cm³/mol. The van der Waals surface area contributed by atoms with Crippen LogP contribution in [0.3, 0.4) is 0 Å². The first-order valence-electron chi connectivity index (χ1n) is 11.8.